The van der Waals surface area contributed by atoms with Crippen molar-refractivity contribution < 1.29 is 14.6 Å². The first-order valence-electron chi connectivity index (χ1n) is 4.74. The minimum absolute atomic E-state index is 0.0210. The van der Waals surface area contributed by atoms with Crippen LogP contribution < -0.4 is 0 Å². The van der Waals surface area contributed by atoms with Gasteiger partial charge in [0.05, 0.1) is 37.2 Å². The monoisotopic (exact) mass is 210 g/mol. The predicted octanol–water partition coefficient (Wildman–Crippen LogP) is -0.288. The summed E-state index contributed by atoms with van der Waals surface area (Å²) < 4.78 is 7.34. The second-order valence-electron chi connectivity index (χ2n) is 3.77. The number of hydrogen-bond acceptors (Lipinski definition) is 4. The Morgan fingerprint density at radius 2 is 2.47 bits per heavy atom. The molecule has 2 aliphatic heterocycles. The number of carbonyl (C=O) groups is 1. The zero-order valence-corrected chi connectivity index (χ0v) is 7.91. The summed E-state index contributed by atoms with van der Waals surface area (Å²) in [5, 5.41) is 16.6. The maximum atomic E-state index is 10.8. The molecular weight excluding hydrogens is 200 g/mol. The van der Waals surface area contributed by atoms with Crippen molar-refractivity contribution in [1.82, 2.24) is 19.9 Å². The highest BCUT2D eigenvalue weighted by Gasteiger charge is 2.41. The molecule has 3 rings (SSSR count). The quantitative estimate of drug-likeness (QED) is 0.636. The fourth-order valence-electron chi connectivity index (χ4n) is 2.15. The van der Waals surface area contributed by atoms with Gasteiger partial charge >= 0.3 is 6.09 Å². The molecule has 15 heavy (non-hydrogen) atoms. The van der Waals surface area contributed by atoms with Crippen molar-refractivity contribution in [2.24, 2.45) is 0 Å². The zero-order chi connectivity index (χ0) is 10.4. The van der Waals surface area contributed by atoms with Crippen LogP contribution in [0, 0.1) is 0 Å². The Morgan fingerprint density at radius 1 is 1.60 bits per heavy atom. The van der Waals surface area contributed by atoms with Crippen LogP contribution in [0.5, 0.6) is 0 Å². The average Bonchev–Trinajstić information content (AvgIpc) is 2.82. The van der Waals surface area contributed by atoms with Crippen LogP contribution in [0.4, 0.5) is 4.79 Å². The van der Waals surface area contributed by atoms with Crippen LogP contribution in [0.3, 0.4) is 0 Å². The maximum absolute atomic E-state index is 10.8. The predicted molar refractivity (Wildman–Crippen MR) is 47.2 cm³/mol. The highest BCUT2D eigenvalue weighted by Crippen LogP contribution is 2.29. The van der Waals surface area contributed by atoms with E-state index in [0.29, 0.717) is 19.7 Å². The fourth-order valence-corrected chi connectivity index (χ4v) is 2.15. The molecule has 0 aliphatic carbocycles. The van der Waals surface area contributed by atoms with Crippen LogP contribution >= 0.6 is 0 Å². The first kappa shape index (κ1) is 8.66. The summed E-state index contributed by atoms with van der Waals surface area (Å²) in [6, 6.07) is -0.0210. The molecular formula is C8H10N4O3. The molecule has 1 aromatic rings. The van der Waals surface area contributed by atoms with E-state index < -0.39 is 6.09 Å². The number of hydrogen-bond donors (Lipinski definition) is 1. The molecule has 1 fully saturated rings. The lowest BCUT2D eigenvalue weighted by Crippen LogP contribution is -2.32. The Morgan fingerprint density at radius 3 is 3.27 bits per heavy atom. The largest absolute Gasteiger partial charge is 0.465 e. The highest BCUT2D eigenvalue weighted by molar-refractivity contribution is 5.65. The number of carboxylic acid groups (broad SMARTS) is 1. The summed E-state index contributed by atoms with van der Waals surface area (Å²) in [4.78, 5) is 12.2. The first-order valence-corrected chi connectivity index (χ1v) is 4.74. The number of fused-ring (bicyclic) bond motifs is 3. The number of rotatable bonds is 0. The normalized spacial score (nSPS) is 28.7. The Balaban J connectivity index is 1.90. The smallest absolute Gasteiger partial charge is 0.407 e. The van der Waals surface area contributed by atoms with Gasteiger partial charge in [-0.1, -0.05) is 5.21 Å². The molecule has 0 spiro atoms. The van der Waals surface area contributed by atoms with Gasteiger partial charge in [-0.2, -0.15) is 0 Å². The molecule has 3 heterocycles. The van der Waals surface area contributed by atoms with Gasteiger partial charge in [-0.25, -0.2) is 9.48 Å². The van der Waals surface area contributed by atoms with Gasteiger partial charge in [0.15, 0.2) is 0 Å². The van der Waals surface area contributed by atoms with Crippen LogP contribution in [-0.4, -0.2) is 50.3 Å². The van der Waals surface area contributed by atoms with E-state index in [0.717, 1.165) is 5.69 Å². The summed E-state index contributed by atoms with van der Waals surface area (Å²) in [7, 11) is 0. The molecule has 0 bridgehead atoms. The molecule has 7 nitrogen and oxygen atoms in total. The van der Waals surface area contributed by atoms with E-state index in [1.54, 1.807) is 10.9 Å². The summed E-state index contributed by atoms with van der Waals surface area (Å²) in [6.45, 7) is 1.30. The van der Waals surface area contributed by atoms with Crippen LogP contribution in [0.25, 0.3) is 0 Å². The minimum Gasteiger partial charge on any atom is -0.465 e. The molecule has 80 valence electrons. The van der Waals surface area contributed by atoms with E-state index >= 15 is 0 Å². The molecule has 1 N–H and O–H groups in total. The van der Waals surface area contributed by atoms with Gasteiger partial charge in [-0.15, -0.1) is 5.10 Å². The summed E-state index contributed by atoms with van der Waals surface area (Å²) in [6.07, 6.45) is 0.657. The van der Waals surface area contributed by atoms with Crippen molar-refractivity contribution in [3.8, 4) is 0 Å². The van der Waals surface area contributed by atoms with Gasteiger partial charge in [0.2, 0.25) is 0 Å². The van der Waals surface area contributed by atoms with Crippen molar-refractivity contribution in [3.63, 3.8) is 0 Å². The van der Waals surface area contributed by atoms with E-state index in [9.17, 15) is 4.79 Å². The standard InChI is InChI=1S/C8H10N4O3/c13-8(14)11-2-6-7(3-11)15-4-5-1-9-10-12(5)6/h1,6-7H,2-4H2,(H,13,14). The summed E-state index contributed by atoms with van der Waals surface area (Å²) >= 11 is 0. The number of aromatic nitrogens is 3. The van der Waals surface area contributed by atoms with Crippen LogP contribution in [0.2, 0.25) is 0 Å². The minimum atomic E-state index is -0.908. The SMILES string of the molecule is O=C(O)N1CC2OCc3cnnn3C2C1. The van der Waals surface area contributed by atoms with Crippen molar-refractivity contribution in [1.29, 1.82) is 0 Å². The third kappa shape index (κ3) is 1.19. The number of ether oxygens (including phenoxy) is 1. The topological polar surface area (TPSA) is 80.5 Å². The van der Waals surface area contributed by atoms with Gasteiger partial charge in [-0.05, 0) is 0 Å². The second-order valence-corrected chi connectivity index (χ2v) is 3.77. The van der Waals surface area contributed by atoms with Crippen molar-refractivity contribution in [3.05, 3.63) is 11.9 Å². The molecule has 7 heteroatoms. The van der Waals surface area contributed by atoms with Gasteiger partial charge in [-0.3, -0.25) is 0 Å². The molecule has 1 aromatic heterocycles. The number of likely N-dealkylation sites (tertiary alicyclic amines) is 1. The molecule has 0 radical (unpaired) electrons. The summed E-state index contributed by atoms with van der Waals surface area (Å²) in [5.74, 6) is 0. The average molecular weight is 210 g/mol. The van der Waals surface area contributed by atoms with E-state index in [4.69, 9.17) is 9.84 Å². The highest BCUT2D eigenvalue weighted by atomic mass is 16.5. The van der Waals surface area contributed by atoms with E-state index in [-0.39, 0.29) is 12.1 Å². The third-order valence-corrected chi connectivity index (χ3v) is 2.92. The first-order chi connectivity index (χ1) is 7.25. The van der Waals surface area contributed by atoms with Crippen molar-refractivity contribution in [2.45, 2.75) is 18.8 Å². The van der Waals surface area contributed by atoms with E-state index in [1.165, 1.54) is 4.90 Å². The molecule has 1 saturated heterocycles. The Labute approximate surface area is 85.2 Å². The number of amides is 1. The lowest BCUT2D eigenvalue weighted by Gasteiger charge is -2.25. The Bertz CT molecular complexity index is 404. The van der Waals surface area contributed by atoms with Gasteiger partial charge in [0.25, 0.3) is 0 Å². The van der Waals surface area contributed by atoms with Crippen molar-refractivity contribution in [2.75, 3.05) is 13.1 Å². The lowest BCUT2D eigenvalue weighted by atomic mass is 10.2. The van der Waals surface area contributed by atoms with Crippen LogP contribution in [-0.2, 0) is 11.3 Å². The van der Waals surface area contributed by atoms with Crippen LogP contribution in [0.1, 0.15) is 11.7 Å². The molecule has 0 saturated carbocycles. The zero-order valence-electron chi connectivity index (χ0n) is 7.91. The Hall–Kier alpha value is -1.63. The van der Waals surface area contributed by atoms with E-state index in [1.807, 2.05) is 0 Å². The molecule has 0 aromatic carbocycles. The van der Waals surface area contributed by atoms with E-state index in [2.05, 4.69) is 10.3 Å². The van der Waals surface area contributed by atoms with Gasteiger partial charge < -0.3 is 14.7 Å². The molecule has 1 amide bonds. The maximum Gasteiger partial charge on any atom is 0.407 e. The van der Waals surface area contributed by atoms with Gasteiger partial charge in [0, 0.05) is 6.54 Å². The second kappa shape index (κ2) is 2.93. The van der Waals surface area contributed by atoms with Crippen molar-refractivity contribution >= 4 is 6.09 Å². The fraction of sp³-hybridized carbons (Fsp3) is 0.625. The Kier molecular flexibility index (Phi) is 1.69. The van der Waals surface area contributed by atoms with Crippen LogP contribution in [0.15, 0.2) is 6.20 Å². The third-order valence-electron chi connectivity index (χ3n) is 2.92. The lowest BCUT2D eigenvalue weighted by molar-refractivity contribution is -0.00482. The van der Waals surface area contributed by atoms with Gasteiger partial charge in [0.1, 0.15) is 0 Å². The molecule has 2 atom stereocenters. The number of nitrogens with zero attached hydrogens (tertiary/aromatic N) is 4. The molecule has 2 aliphatic rings. The molecule has 2 unspecified atom stereocenters. The summed E-state index contributed by atoms with van der Waals surface area (Å²) in [5.41, 5.74) is 0.906.